The summed E-state index contributed by atoms with van der Waals surface area (Å²) in [5, 5.41) is 0. The van der Waals surface area contributed by atoms with Gasteiger partial charge in [-0.2, -0.15) is 8.78 Å². The summed E-state index contributed by atoms with van der Waals surface area (Å²) in [5.74, 6) is 3.27. The van der Waals surface area contributed by atoms with Crippen LogP contribution in [0.4, 0.5) is 8.78 Å². The molecule has 2 saturated carbocycles. The van der Waals surface area contributed by atoms with Gasteiger partial charge in [0.05, 0.1) is 0 Å². The zero-order valence-electron chi connectivity index (χ0n) is 17.0. The molecule has 0 nitrogen and oxygen atoms in total. The van der Waals surface area contributed by atoms with Gasteiger partial charge in [0, 0.05) is 0 Å². The molecule has 4 rings (SSSR count). The minimum absolute atomic E-state index is 0.125. The number of hydrogen-bond acceptors (Lipinski definition) is 0. The Morgan fingerprint density at radius 2 is 1.68 bits per heavy atom. The molecule has 3 aliphatic rings. The van der Waals surface area contributed by atoms with Gasteiger partial charge in [-0.3, -0.25) is 0 Å². The van der Waals surface area contributed by atoms with Crippen molar-refractivity contribution in [2.45, 2.75) is 70.6 Å². The molecule has 1 aromatic carbocycles. The summed E-state index contributed by atoms with van der Waals surface area (Å²) in [6, 6.07) is 7.14. The molecular formula is C26H34F2. The van der Waals surface area contributed by atoms with Crippen LogP contribution in [0.5, 0.6) is 0 Å². The Morgan fingerprint density at radius 3 is 2.46 bits per heavy atom. The molecule has 0 radical (unpaired) electrons. The van der Waals surface area contributed by atoms with Gasteiger partial charge in [-0.1, -0.05) is 24.3 Å². The number of halogens is 2. The minimum Gasteiger partial charge on any atom is -0.174 e. The van der Waals surface area contributed by atoms with Crippen LogP contribution in [0.1, 0.15) is 68.1 Å². The Morgan fingerprint density at radius 1 is 0.929 bits per heavy atom. The lowest BCUT2D eigenvalue weighted by Gasteiger charge is -2.44. The lowest BCUT2D eigenvalue weighted by atomic mass is 9.61. The highest BCUT2D eigenvalue weighted by Crippen LogP contribution is 2.48. The summed E-state index contributed by atoms with van der Waals surface area (Å²) >= 11 is 0. The first-order chi connectivity index (χ1) is 13.6. The van der Waals surface area contributed by atoms with Crippen molar-refractivity contribution in [2.24, 2.45) is 29.6 Å². The first kappa shape index (κ1) is 19.9. The van der Waals surface area contributed by atoms with Gasteiger partial charge in [0.15, 0.2) is 0 Å². The second-order valence-electron chi connectivity index (χ2n) is 9.56. The molecule has 0 bridgehead atoms. The largest absolute Gasteiger partial charge is 0.266 e. The predicted molar refractivity (Wildman–Crippen MR) is 112 cm³/mol. The second kappa shape index (κ2) is 8.93. The topological polar surface area (TPSA) is 0 Å². The maximum absolute atomic E-state index is 12.6. The van der Waals surface area contributed by atoms with E-state index in [4.69, 9.17) is 0 Å². The molecule has 0 amide bonds. The number of allylic oxidation sites excluding steroid dienone is 2. The molecule has 28 heavy (non-hydrogen) atoms. The van der Waals surface area contributed by atoms with Gasteiger partial charge < -0.3 is 0 Å². The van der Waals surface area contributed by atoms with Crippen molar-refractivity contribution in [3.63, 3.8) is 0 Å². The standard InChI is InChI=1S/C26H34F2/c1-2-3-4-18-5-7-22-16-24(11-9-20(22)13-18)25-12-10-21-14-19(15-26(27)28)6-8-23(21)17-25/h2,5,7,13,15,19,21,23-25H,1,3-4,6,8-12,14,16-17H2. The van der Waals surface area contributed by atoms with Gasteiger partial charge in [-0.25, -0.2) is 0 Å². The third-order valence-corrected chi connectivity index (χ3v) is 7.90. The van der Waals surface area contributed by atoms with E-state index in [-0.39, 0.29) is 5.92 Å². The maximum atomic E-state index is 12.6. The van der Waals surface area contributed by atoms with Crippen LogP contribution in [-0.4, -0.2) is 0 Å². The van der Waals surface area contributed by atoms with Crippen LogP contribution in [0.15, 0.2) is 43.0 Å². The first-order valence-electron chi connectivity index (χ1n) is 11.4. The Balaban J connectivity index is 1.34. The van der Waals surface area contributed by atoms with Crippen LogP contribution in [0, 0.1) is 29.6 Å². The van der Waals surface area contributed by atoms with Crippen molar-refractivity contribution in [1.82, 2.24) is 0 Å². The van der Waals surface area contributed by atoms with Crippen LogP contribution >= 0.6 is 0 Å². The number of fused-ring (bicyclic) bond motifs is 2. The maximum Gasteiger partial charge on any atom is 0.266 e. The van der Waals surface area contributed by atoms with Crippen molar-refractivity contribution in [3.8, 4) is 0 Å². The van der Waals surface area contributed by atoms with E-state index in [0.717, 1.165) is 49.9 Å². The molecular weight excluding hydrogens is 350 g/mol. The van der Waals surface area contributed by atoms with Crippen LogP contribution in [-0.2, 0) is 19.3 Å². The second-order valence-corrected chi connectivity index (χ2v) is 9.56. The number of rotatable bonds is 5. The van der Waals surface area contributed by atoms with E-state index in [2.05, 4.69) is 24.8 Å². The monoisotopic (exact) mass is 384 g/mol. The van der Waals surface area contributed by atoms with E-state index < -0.39 is 6.08 Å². The van der Waals surface area contributed by atoms with Crippen LogP contribution in [0.25, 0.3) is 0 Å². The molecule has 5 atom stereocenters. The minimum atomic E-state index is -1.48. The van der Waals surface area contributed by atoms with Gasteiger partial charge in [-0.15, -0.1) is 6.58 Å². The van der Waals surface area contributed by atoms with E-state index in [1.807, 2.05) is 6.08 Å². The number of aryl methyl sites for hydroxylation is 2. The molecule has 0 aliphatic heterocycles. The van der Waals surface area contributed by atoms with Gasteiger partial charge >= 0.3 is 0 Å². The predicted octanol–water partition coefficient (Wildman–Crippen LogP) is 7.52. The number of hydrogen-bond donors (Lipinski definition) is 0. The van der Waals surface area contributed by atoms with Crippen molar-refractivity contribution in [3.05, 3.63) is 59.7 Å². The van der Waals surface area contributed by atoms with Crippen molar-refractivity contribution in [2.75, 3.05) is 0 Å². The summed E-state index contributed by atoms with van der Waals surface area (Å²) in [6.07, 6.45) is 14.8. The van der Waals surface area contributed by atoms with E-state index in [1.54, 1.807) is 11.1 Å². The molecule has 0 aromatic heterocycles. The fourth-order valence-electron chi connectivity index (χ4n) is 6.38. The SMILES string of the molecule is C=CCCc1ccc2c(c1)CCC(C1CCC3CC(C=C(F)F)CCC3C1)C2. The Hall–Kier alpha value is -1.44. The quantitative estimate of drug-likeness (QED) is 0.460. The molecule has 152 valence electrons. The van der Waals surface area contributed by atoms with Gasteiger partial charge in [0.1, 0.15) is 0 Å². The summed E-state index contributed by atoms with van der Waals surface area (Å²) in [6.45, 7) is 3.83. The van der Waals surface area contributed by atoms with Gasteiger partial charge in [0.2, 0.25) is 0 Å². The highest BCUT2D eigenvalue weighted by Gasteiger charge is 2.38. The summed E-state index contributed by atoms with van der Waals surface area (Å²) < 4.78 is 25.2. The average Bonchev–Trinajstić information content (AvgIpc) is 2.71. The Bertz CT molecular complexity index is 715. The van der Waals surface area contributed by atoms with E-state index in [9.17, 15) is 8.78 Å². The van der Waals surface area contributed by atoms with E-state index >= 15 is 0 Å². The van der Waals surface area contributed by atoms with E-state index in [1.165, 1.54) is 50.2 Å². The molecule has 0 saturated heterocycles. The fourth-order valence-corrected chi connectivity index (χ4v) is 6.38. The van der Waals surface area contributed by atoms with Crippen LogP contribution < -0.4 is 0 Å². The highest BCUT2D eigenvalue weighted by molar-refractivity contribution is 5.34. The average molecular weight is 385 g/mol. The number of benzene rings is 1. The first-order valence-corrected chi connectivity index (χ1v) is 11.4. The van der Waals surface area contributed by atoms with Crippen LogP contribution in [0.3, 0.4) is 0 Å². The van der Waals surface area contributed by atoms with Crippen molar-refractivity contribution < 1.29 is 8.78 Å². The van der Waals surface area contributed by atoms with Gasteiger partial charge in [0.25, 0.3) is 6.08 Å². The molecule has 2 heteroatoms. The Kier molecular flexibility index (Phi) is 6.33. The van der Waals surface area contributed by atoms with Crippen molar-refractivity contribution in [1.29, 1.82) is 0 Å². The third kappa shape index (κ3) is 4.58. The summed E-state index contributed by atoms with van der Waals surface area (Å²) in [5.41, 5.74) is 4.60. The van der Waals surface area contributed by atoms with Crippen molar-refractivity contribution >= 4 is 0 Å². The third-order valence-electron chi connectivity index (χ3n) is 7.90. The van der Waals surface area contributed by atoms with Crippen LogP contribution in [0.2, 0.25) is 0 Å². The Labute approximate surface area is 169 Å². The highest BCUT2D eigenvalue weighted by atomic mass is 19.3. The molecule has 0 N–H and O–H groups in total. The molecule has 2 fully saturated rings. The summed E-state index contributed by atoms with van der Waals surface area (Å²) in [4.78, 5) is 0. The normalized spacial score (nSPS) is 32.1. The lowest BCUT2D eigenvalue weighted by molar-refractivity contribution is 0.0803. The zero-order valence-corrected chi connectivity index (χ0v) is 17.0. The fraction of sp³-hybridized carbons (Fsp3) is 0.615. The van der Waals surface area contributed by atoms with E-state index in [0.29, 0.717) is 5.92 Å². The molecule has 0 heterocycles. The molecule has 1 aromatic rings. The smallest absolute Gasteiger partial charge is 0.174 e. The molecule has 5 unspecified atom stereocenters. The lowest BCUT2D eigenvalue weighted by Crippen LogP contribution is -2.34. The molecule has 3 aliphatic carbocycles. The molecule has 0 spiro atoms. The summed E-state index contributed by atoms with van der Waals surface area (Å²) in [7, 11) is 0. The van der Waals surface area contributed by atoms with Gasteiger partial charge in [-0.05, 0) is 123 Å². The zero-order chi connectivity index (χ0) is 19.5.